The summed E-state index contributed by atoms with van der Waals surface area (Å²) in [5, 5.41) is 14.2. The van der Waals surface area contributed by atoms with Crippen molar-refractivity contribution in [2.45, 2.75) is 56.5 Å². The number of carbonyl (C=O) groups is 1. The van der Waals surface area contributed by atoms with Crippen LogP contribution < -0.4 is 10.5 Å². The first-order valence-corrected chi connectivity index (χ1v) is 9.45. The zero-order valence-electron chi connectivity index (χ0n) is 15.8. The molecule has 1 unspecified atom stereocenters. The molecule has 0 spiro atoms. The van der Waals surface area contributed by atoms with Crippen molar-refractivity contribution in [3.63, 3.8) is 0 Å². The number of hydrogen-bond acceptors (Lipinski definition) is 6. The number of alkyl halides is 3. The summed E-state index contributed by atoms with van der Waals surface area (Å²) in [6.45, 7) is 0.296. The number of primary amides is 1. The topological polar surface area (TPSA) is 120 Å². The summed E-state index contributed by atoms with van der Waals surface area (Å²) in [7, 11) is 0. The summed E-state index contributed by atoms with van der Waals surface area (Å²) in [5.41, 5.74) is 5.17. The van der Waals surface area contributed by atoms with Crippen molar-refractivity contribution in [1.29, 1.82) is 0 Å². The van der Waals surface area contributed by atoms with Crippen molar-refractivity contribution in [3.8, 4) is 5.75 Å². The number of nitrogens with one attached hydrogen (secondary N) is 1. The van der Waals surface area contributed by atoms with Crippen LogP contribution in [0.5, 0.6) is 5.75 Å². The van der Waals surface area contributed by atoms with E-state index in [0.29, 0.717) is 17.9 Å². The fraction of sp³-hybridized carbons (Fsp3) is 0.611. The summed E-state index contributed by atoms with van der Waals surface area (Å²) in [6, 6.07) is 0. The number of amides is 1. The van der Waals surface area contributed by atoms with E-state index in [-0.39, 0.29) is 28.7 Å². The van der Waals surface area contributed by atoms with Gasteiger partial charge in [0.05, 0.1) is 5.41 Å². The minimum atomic E-state index is -4.53. The van der Waals surface area contributed by atoms with Crippen LogP contribution in [-0.2, 0) is 5.41 Å². The highest BCUT2D eigenvalue weighted by Crippen LogP contribution is 2.52. The number of hydrogen-bond donors (Lipinski definition) is 2. The van der Waals surface area contributed by atoms with Gasteiger partial charge >= 0.3 is 6.18 Å². The smallest absolute Gasteiger partial charge is 0.422 e. The third-order valence-electron chi connectivity index (χ3n) is 5.47. The van der Waals surface area contributed by atoms with Crippen molar-refractivity contribution in [2.24, 2.45) is 11.7 Å². The second kappa shape index (κ2) is 6.96. The maximum atomic E-state index is 13.0. The maximum absolute atomic E-state index is 13.0. The van der Waals surface area contributed by atoms with Gasteiger partial charge in [0, 0.05) is 17.3 Å². The van der Waals surface area contributed by atoms with E-state index >= 15 is 0 Å². The molecule has 2 aromatic heterocycles. The number of carbonyl (C=O) groups excluding carboxylic acids is 1. The van der Waals surface area contributed by atoms with E-state index in [4.69, 9.17) is 10.5 Å². The highest BCUT2D eigenvalue weighted by Gasteiger charge is 2.46. The molecule has 0 aromatic carbocycles. The molecule has 4 rings (SSSR count). The van der Waals surface area contributed by atoms with Crippen LogP contribution in [0.2, 0.25) is 0 Å². The van der Waals surface area contributed by atoms with E-state index in [1.54, 1.807) is 6.92 Å². The standard InChI is InChI=1S/C18H21F3N6O2/c1-17(6-9-2-3-9,16-24-26-27-25-16)12-13(15(22)28)23-7-11(10-4-5-10)14(12)29-8-18(19,20)21/h7,9-10H,2-6,8H2,1H3,(H2,22,28)(H,24,25,26,27). The molecule has 0 saturated heterocycles. The zero-order valence-corrected chi connectivity index (χ0v) is 15.8. The van der Waals surface area contributed by atoms with Crippen molar-refractivity contribution < 1.29 is 22.7 Å². The molecule has 2 aliphatic rings. The molecule has 2 heterocycles. The van der Waals surface area contributed by atoms with Gasteiger partial charge in [-0.2, -0.15) is 18.4 Å². The molecule has 0 aliphatic heterocycles. The van der Waals surface area contributed by atoms with E-state index in [2.05, 4.69) is 25.6 Å². The molecule has 1 amide bonds. The number of ether oxygens (including phenoxy) is 1. The summed E-state index contributed by atoms with van der Waals surface area (Å²) in [6.07, 6.45) is 0.989. The summed E-state index contributed by atoms with van der Waals surface area (Å²) >= 11 is 0. The molecule has 8 nitrogen and oxygen atoms in total. The number of aromatic amines is 1. The molecule has 3 N–H and O–H groups in total. The SMILES string of the molecule is CC(CC1CC1)(c1nn[nH]n1)c1c(C(N)=O)ncc(C2CC2)c1OCC(F)(F)F. The van der Waals surface area contributed by atoms with Crippen LogP contribution in [0.4, 0.5) is 13.2 Å². The lowest BCUT2D eigenvalue weighted by Crippen LogP contribution is -2.33. The van der Waals surface area contributed by atoms with Crippen LogP contribution in [0, 0.1) is 5.92 Å². The number of halogens is 3. The summed E-state index contributed by atoms with van der Waals surface area (Å²) in [5.74, 6) is -0.189. The number of aromatic nitrogens is 5. The van der Waals surface area contributed by atoms with Crippen molar-refractivity contribution in [1.82, 2.24) is 25.6 Å². The molecular formula is C18H21F3N6O2. The van der Waals surface area contributed by atoms with Crippen molar-refractivity contribution >= 4 is 5.91 Å². The van der Waals surface area contributed by atoms with Gasteiger partial charge in [-0.25, -0.2) is 0 Å². The first-order chi connectivity index (χ1) is 13.7. The number of nitrogens with zero attached hydrogens (tertiary/aromatic N) is 4. The third kappa shape index (κ3) is 4.03. The normalized spacial score (nSPS) is 19.0. The Hall–Kier alpha value is -2.72. The summed E-state index contributed by atoms with van der Waals surface area (Å²) in [4.78, 5) is 16.4. The number of H-pyrrole nitrogens is 1. The first kappa shape index (κ1) is 19.6. The molecule has 2 fully saturated rings. The lowest BCUT2D eigenvalue weighted by molar-refractivity contribution is -0.153. The van der Waals surface area contributed by atoms with Gasteiger partial charge in [-0.05, 0) is 38.0 Å². The van der Waals surface area contributed by atoms with Crippen LogP contribution in [0.3, 0.4) is 0 Å². The van der Waals surface area contributed by atoms with Crippen molar-refractivity contribution in [3.05, 3.63) is 28.8 Å². The van der Waals surface area contributed by atoms with Gasteiger partial charge < -0.3 is 10.5 Å². The van der Waals surface area contributed by atoms with Crippen LogP contribution in [0.1, 0.15) is 72.4 Å². The molecule has 1 atom stereocenters. The number of rotatable bonds is 8. The fourth-order valence-corrected chi connectivity index (χ4v) is 3.80. The number of tetrazole rings is 1. The van der Waals surface area contributed by atoms with E-state index < -0.39 is 24.1 Å². The van der Waals surface area contributed by atoms with Crippen LogP contribution in [0.25, 0.3) is 0 Å². The number of nitrogens with two attached hydrogens (primary N) is 1. The molecule has 2 aliphatic carbocycles. The lowest BCUT2D eigenvalue weighted by Gasteiger charge is -2.31. The van der Waals surface area contributed by atoms with E-state index in [1.165, 1.54) is 6.20 Å². The monoisotopic (exact) mass is 410 g/mol. The lowest BCUT2D eigenvalue weighted by atomic mass is 9.75. The van der Waals surface area contributed by atoms with E-state index in [0.717, 1.165) is 25.7 Å². The van der Waals surface area contributed by atoms with Gasteiger partial charge in [0.1, 0.15) is 11.4 Å². The van der Waals surface area contributed by atoms with Gasteiger partial charge in [0.15, 0.2) is 12.4 Å². The first-order valence-electron chi connectivity index (χ1n) is 9.45. The largest absolute Gasteiger partial charge is 0.483 e. The third-order valence-corrected chi connectivity index (χ3v) is 5.47. The molecule has 0 bridgehead atoms. The highest BCUT2D eigenvalue weighted by atomic mass is 19.4. The van der Waals surface area contributed by atoms with Crippen LogP contribution >= 0.6 is 0 Å². The Kier molecular flexibility index (Phi) is 4.70. The predicted molar refractivity (Wildman–Crippen MR) is 94.3 cm³/mol. The second-order valence-electron chi connectivity index (χ2n) is 8.02. The minimum Gasteiger partial charge on any atom is -0.483 e. The number of pyridine rings is 1. The molecule has 0 radical (unpaired) electrons. The van der Waals surface area contributed by atoms with Gasteiger partial charge in [0.2, 0.25) is 0 Å². The van der Waals surface area contributed by atoms with E-state index in [1.807, 2.05) is 0 Å². The Morgan fingerprint density at radius 1 is 1.31 bits per heavy atom. The summed E-state index contributed by atoms with van der Waals surface area (Å²) < 4.78 is 44.3. The highest BCUT2D eigenvalue weighted by molar-refractivity contribution is 5.94. The average Bonchev–Trinajstić information content (AvgIpc) is 3.58. The van der Waals surface area contributed by atoms with Gasteiger partial charge in [-0.1, -0.05) is 18.1 Å². The quantitative estimate of drug-likeness (QED) is 0.690. The van der Waals surface area contributed by atoms with Crippen LogP contribution in [0.15, 0.2) is 6.20 Å². The molecule has 29 heavy (non-hydrogen) atoms. The Balaban J connectivity index is 1.92. The predicted octanol–water partition coefficient (Wildman–Crippen LogP) is 2.62. The molecular weight excluding hydrogens is 389 g/mol. The Morgan fingerprint density at radius 2 is 2.03 bits per heavy atom. The Labute approximate surface area is 164 Å². The van der Waals surface area contributed by atoms with E-state index in [9.17, 15) is 18.0 Å². The average molecular weight is 410 g/mol. The Bertz CT molecular complexity index is 909. The zero-order chi connectivity index (χ0) is 20.8. The molecule has 2 saturated carbocycles. The second-order valence-corrected chi connectivity index (χ2v) is 8.02. The van der Waals surface area contributed by atoms with Crippen LogP contribution in [-0.4, -0.2) is 44.3 Å². The minimum absolute atomic E-state index is 0.0153. The van der Waals surface area contributed by atoms with Gasteiger partial charge in [-0.15, -0.1) is 10.2 Å². The van der Waals surface area contributed by atoms with Crippen molar-refractivity contribution in [2.75, 3.05) is 6.61 Å². The molecule has 2 aromatic rings. The van der Waals surface area contributed by atoms with Gasteiger partial charge in [0.25, 0.3) is 5.91 Å². The molecule has 156 valence electrons. The fourth-order valence-electron chi connectivity index (χ4n) is 3.80. The Morgan fingerprint density at radius 3 is 2.55 bits per heavy atom. The van der Waals surface area contributed by atoms with Gasteiger partial charge in [-0.3, -0.25) is 9.78 Å². The molecule has 11 heteroatoms. The maximum Gasteiger partial charge on any atom is 0.422 e.